The van der Waals surface area contributed by atoms with Crippen LogP contribution in [-0.4, -0.2) is 29.0 Å². The molecule has 0 bridgehead atoms. The number of aromatic hydroxyl groups is 1. The molecule has 27 heavy (non-hydrogen) atoms. The second-order valence-corrected chi connectivity index (χ2v) is 9.21. The van der Waals surface area contributed by atoms with Crippen molar-refractivity contribution in [2.45, 2.75) is 90.0 Å². The Morgan fingerprint density at radius 3 is 2.56 bits per heavy atom. The number of hydrogen-bond donors (Lipinski definition) is 1. The third-order valence-corrected chi connectivity index (χ3v) is 7.36. The summed E-state index contributed by atoms with van der Waals surface area (Å²) in [7, 11) is 2.04. The van der Waals surface area contributed by atoms with Gasteiger partial charge in [0, 0.05) is 24.4 Å². The van der Waals surface area contributed by atoms with E-state index in [1.54, 1.807) is 6.07 Å². The fraction of sp³-hybridized carbons (Fsp3) is 0.708. The molecule has 0 aliphatic heterocycles. The minimum atomic E-state index is -0.110. The molecule has 1 aromatic carbocycles. The zero-order valence-corrected chi connectivity index (χ0v) is 17.6. The Hall–Kier alpha value is -1.51. The van der Waals surface area contributed by atoms with Crippen molar-refractivity contribution < 1.29 is 9.90 Å². The molecule has 0 radical (unpaired) electrons. The zero-order valence-electron chi connectivity index (χ0n) is 17.6. The van der Waals surface area contributed by atoms with Crippen LogP contribution in [0, 0.1) is 11.8 Å². The van der Waals surface area contributed by atoms with E-state index in [2.05, 4.69) is 31.7 Å². The van der Waals surface area contributed by atoms with Crippen LogP contribution in [0.4, 0.5) is 0 Å². The summed E-state index contributed by atoms with van der Waals surface area (Å²) in [6.07, 6.45) is 10.1. The predicted molar refractivity (Wildman–Crippen MR) is 111 cm³/mol. The van der Waals surface area contributed by atoms with Gasteiger partial charge in [0.05, 0.1) is 0 Å². The SMILES string of the molecule is CCc1ccc(O)cc1[C@@]1(C)CCC[C@H](C)[C@@H]1N(C)C(=O)C1CCCCC1. The van der Waals surface area contributed by atoms with Crippen LogP contribution in [0.3, 0.4) is 0 Å². The van der Waals surface area contributed by atoms with E-state index >= 15 is 0 Å². The highest BCUT2D eigenvalue weighted by Gasteiger charge is 2.46. The molecule has 2 aliphatic rings. The Balaban J connectivity index is 1.97. The first-order valence-corrected chi connectivity index (χ1v) is 11.0. The molecule has 2 fully saturated rings. The molecular formula is C24H37NO2. The van der Waals surface area contributed by atoms with Crippen molar-refractivity contribution in [3.05, 3.63) is 29.3 Å². The van der Waals surface area contributed by atoms with Crippen LogP contribution in [0.5, 0.6) is 5.75 Å². The molecule has 1 aromatic rings. The van der Waals surface area contributed by atoms with Gasteiger partial charge >= 0.3 is 0 Å². The first-order chi connectivity index (χ1) is 12.9. The van der Waals surface area contributed by atoms with Crippen LogP contribution in [0.15, 0.2) is 18.2 Å². The molecule has 3 rings (SSSR count). The molecule has 0 heterocycles. The van der Waals surface area contributed by atoms with Crippen molar-refractivity contribution in [2.75, 3.05) is 7.05 Å². The van der Waals surface area contributed by atoms with E-state index in [9.17, 15) is 9.90 Å². The molecule has 1 N–H and O–H groups in total. The van der Waals surface area contributed by atoms with Gasteiger partial charge in [-0.25, -0.2) is 0 Å². The van der Waals surface area contributed by atoms with Crippen LogP contribution in [0.2, 0.25) is 0 Å². The Kier molecular flexibility index (Phi) is 6.18. The number of phenols is 1. The molecule has 2 aliphatic carbocycles. The summed E-state index contributed by atoms with van der Waals surface area (Å²) in [6.45, 7) is 6.81. The topological polar surface area (TPSA) is 40.5 Å². The van der Waals surface area contributed by atoms with Gasteiger partial charge in [0.2, 0.25) is 5.91 Å². The molecule has 0 spiro atoms. The van der Waals surface area contributed by atoms with Gasteiger partial charge in [-0.1, -0.05) is 52.5 Å². The van der Waals surface area contributed by atoms with Crippen molar-refractivity contribution in [3.8, 4) is 5.75 Å². The average molecular weight is 372 g/mol. The fourth-order valence-electron chi connectivity index (χ4n) is 6.01. The normalized spacial score (nSPS) is 29.5. The third kappa shape index (κ3) is 3.88. The Labute approximate surface area is 165 Å². The molecule has 2 saturated carbocycles. The van der Waals surface area contributed by atoms with Gasteiger partial charge in [0.15, 0.2) is 0 Å². The summed E-state index contributed by atoms with van der Waals surface area (Å²) in [6, 6.07) is 6.01. The molecule has 3 nitrogen and oxygen atoms in total. The summed E-state index contributed by atoms with van der Waals surface area (Å²) in [4.78, 5) is 15.5. The third-order valence-electron chi connectivity index (χ3n) is 7.36. The first-order valence-electron chi connectivity index (χ1n) is 11.0. The molecule has 150 valence electrons. The Morgan fingerprint density at radius 1 is 1.19 bits per heavy atom. The molecule has 3 heteroatoms. The van der Waals surface area contributed by atoms with E-state index in [0.717, 1.165) is 25.7 Å². The monoisotopic (exact) mass is 371 g/mol. The van der Waals surface area contributed by atoms with Crippen molar-refractivity contribution in [1.82, 2.24) is 4.90 Å². The highest BCUT2D eigenvalue weighted by Crippen LogP contribution is 2.46. The lowest BCUT2D eigenvalue weighted by Gasteiger charge is -2.51. The number of carbonyl (C=O) groups excluding carboxylic acids is 1. The van der Waals surface area contributed by atoms with Crippen LogP contribution in [0.25, 0.3) is 0 Å². The number of carbonyl (C=O) groups is 1. The fourth-order valence-corrected chi connectivity index (χ4v) is 6.01. The maximum absolute atomic E-state index is 13.4. The summed E-state index contributed by atoms with van der Waals surface area (Å²) in [5, 5.41) is 10.2. The zero-order chi connectivity index (χ0) is 19.6. The summed E-state index contributed by atoms with van der Waals surface area (Å²) < 4.78 is 0. The van der Waals surface area contributed by atoms with E-state index in [4.69, 9.17) is 0 Å². The van der Waals surface area contributed by atoms with Gasteiger partial charge in [-0.2, -0.15) is 0 Å². The number of amides is 1. The first kappa shape index (κ1) is 20.2. The average Bonchev–Trinajstić information content (AvgIpc) is 2.67. The van der Waals surface area contributed by atoms with Gasteiger partial charge in [-0.15, -0.1) is 0 Å². The number of nitrogens with zero attached hydrogens (tertiary/aromatic N) is 1. The second kappa shape index (κ2) is 8.24. The highest BCUT2D eigenvalue weighted by atomic mass is 16.3. The number of likely N-dealkylation sites (N-methyl/N-ethyl adjacent to an activating group) is 1. The lowest BCUT2D eigenvalue weighted by molar-refractivity contribution is -0.141. The summed E-state index contributed by atoms with van der Waals surface area (Å²) in [5.41, 5.74) is 2.43. The van der Waals surface area contributed by atoms with Crippen molar-refractivity contribution in [3.63, 3.8) is 0 Å². The minimum Gasteiger partial charge on any atom is -0.508 e. The Bertz CT molecular complexity index is 664. The smallest absolute Gasteiger partial charge is 0.225 e. The predicted octanol–water partition coefficient (Wildman–Crippen LogP) is 5.44. The van der Waals surface area contributed by atoms with Crippen molar-refractivity contribution in [2.24, 2.45) is 11.8 Å². The standard InChI is InChI=1S/C24H37NO2/c1-5-18-13-14-20(26)16-21(18)24(3)15-9-10-17(2)22(24)25(4)23(27)19-11-7-6-8-12-19/h13-14,16-17,19,22,26H,5-12,15H2,1-4H3/t17-,22-,24+/m0/s1. The van der Waals surface area contributed by atoms with Crippen LogP contribution in [-0.2, 0) is 16.6 Å². The van der Waals surface area contributed by atoms with Crippen molar-refractivity contribution in [1.29, 1.82) is 0 Å². The molecule has 0 unspecified atom stereocenters. The van der Waals surface area contributed by atoms with Crippen LogP contribution < -0.4 is 0 Å². The number of hydrogen-bond acceptors (Lipinski definition) is 2. The summed E-state index contributed by atoms with van der Waals surface area (Å²) in [5.74, 6) is 1.35. The lowest BCUT2D eigenvalue weighted by Crippen LogP contribution is -2.56. The van der Waals surface area contributed by atoms with Crippen LogP contribution in [0.1, 0.15) is 83.3 Å². The van der Waals surface area contributed by atoms with Gasteiger partial charge in [-0.3, -0.25) is 4.79 Å². The summed E-state index contributed by atoms with van der Waals surface area (Å²) >= 11 is 0. The van der Waals surface area contributed by atoms with Crippen LogP contribution >= 0.6 is 0 Å². The number of benzene rings is 1. The molecule has 3 atom stereocenters. The van der Waals surface area contributed by atoms with Crippen molar-refractivity contribution >= 4 is 5.91 Å². The molecular weight excluding hydrogens is 334 g/mol. The number of aryl methyl sites for hydroxylation is 1. The molecule has 0 aromatic heterocycles. The van der Waals surface area contributed by atoms with E-state index in [0.29, 0.717) is 17.6 Å². The number of rotatable bonds is 4. The van der Waals surface area contributed by atoms with E-state index in [-0.39, 0.29) is 17.4 Å². The van der Waals surface area contributed by atoms with E-state index in [1.807, 2.05) is 13.1 Å². The highest BCUT2D eigenvalue weighted by molar-refractivity contribution is 5.79. The van der Waals surface area contributed by atoms with Gasteiger partial charge < -0.3 is 10.0 Å². The van der Waals surface area contributed by atoms with E-state index < -0.39 is 0 Å². The molecule has 0 saturated heterocycles. The maximum Gasteiger partial charge on any atom is 0.225 e. The van der Waals surface area contributed by atoms with Gasteiger partial charge in [0.25, 0.3) is 0 Å². The van der Waals surface area contributed by atoms with Gasteiger partial charge in [-0.05, 0) is 61.3 Å². The second-order valence-electron chi connectivity index (χ2n) is 9.21. The Morgan fingerprint density at radius 2 is 1.89 bits per heavy atom. The minimum absolute atomic E-state index is 0.110. The molecule has 1 amide bonds. The lowest BCUT2D eigenvalue weighted by atomic mass is 9.62. The maximum atomic E-state index is 13.4. The van der Waals surface area contributed by atoms with E-state index in [1.165, 1.54) is 43.2 Å². The quantitative estimate of drug-likeness (QED) is 0.765. The van der Waals surface area contributed by atoms with Gasteiger partial charge in [0.1, 0.15) is 5.75 Å². The largest absolute Gasteiger partial charge is 0.508 e. The number of phenolic OH excluding ortho intramolecular Hbond substituents is 1.